The van der Waals surface area contributed by atoms with Crippen LogP contribution in [0.25, 0.3) is 22.3 Å². The highest BCUT2D eigenvalue weighted by atomic mass is 32.1. The number of benzene rings is 1. The zero-order valence-electron chi connectivity index (χ0n) is 10.1. The van der Waals surface area contributed by atoms with Crippen molar-refractivity contribution in [2.45, 2.75) is 13.8 Å². The smallest absolute Gasteiger partial charge is 0.213 e. The zero-order valence-corrected chi connectivity index (χ0v) is 10.9. The molecule has 2 N–H and O–H groups in total. The number of hydrogen-bond donors (Lipinski definition) is 2. The van der Waals surface area contributed by atoms with Gasteiger partial charge in [0.2, 0.25) is 4.77 Å². The van der Waals surface area contributed by atoms with Gasteiger partial charge in [-0.2, -0.15) is 4.98 Å². The molecule has 0 fully saturated rings. The summed E-state index contributed by atoms with van der Waals surface area (Å²) in [4.78, 5) is 8.81. The molecule has 0 unspecified atom stereocenters. The molecule has 0 radical (unpaired) electrons. The molecule has 0 atom stereocenters. The van der Waals surface area contributed by atoms with E-state index in [1.807, 2.05) is 19.1 Å². The maximum absolute atomic E-state index is 5.00. The average molecular weight is 256 g/mol. The van der Waals surface area contributed by atoms with Gasteiger partial charge in [-0.15, -0.1) is 0 Å². The predicted octanol–water partition coefficient (Wildman–Crippen LogP) is 3.30. The number of aryl methyl sites for hydroxylation is 2. The molecule has 0 aliphatic carbocycles. The van der Waals surface area contributed by atoms with E-state index in [9.17, 15) is 0 Å². The number of fused-ring (bicyclic) bond motifs is 1. The van der Waals surface area contributed by atoms with Gasteiger partial charge in [-0.3, -0.25) is 15.2 Å². The number of rotatable bonds is 1. The Morgan fingerprint density at radius 2 is 1.89 bits per heavy atom. The average Bonchev–Trinajstić information content (AvgIpc) is 2.75. The van der Waals surface area contributed by atoms with Gasteiger partial charge in [0.25, 0.3) is 0 Å². The molecule has 0 saturated heterocycles. The number of nitrogens with one attached hydrogen (secondary N) is 2. The van der Waals surface area contributed by atoms with Crippen molar-refractivity contribution < 1.29 is 0 Å². The van der Waals surface area contributed by atoms with Gasteiger partial charge >= 0.3 is 0 Å². The summed E-state index contributed by atoms with van der Waals surface area (Å²) in [6.07, 6.45) is 0. The molecular formula is C13H12N4S. The molecule has 3 aromatic rings. The van der Waals surface area contributed by atoms with E-state index in [-0.39, 0.29) is 0 Å². The summed E-state index contributed by atoms with van der Waals surface area (Å²) in [7, 11) is 0. The number of nitrogens with zero attached hydrogens (tertiary/aromatic N) is 2. The quantitative estimate of drug-likeness (QED) is 0.657. The summed E-state index contributed by atoms with van der Waals surface area (Å²) in [6.45, 7) is 4.04. The van der Waals surface area contributed by atoms with Crippen molar-refractivity contribution in [1.82, 2.24) is 20.2 Å². The lowest BCUT2D eigenvalue weighted by atomic mass is 10.1. The van der Waals surface area contributed by atoms with Gasteiger partial charge in [-0.1, -0.05) is 11.6 Å². The minimum absolute atomic E-state index is 0.459. The van der Waals surface area contributed by atoms with Gasteiger partial charge in [0.1, 0.15) is 0 Å². The van der Waals surface area contributed by atoms with E-state index in [2.05, 4.69) is 39.2 Å². The van der Waals surface area contributed by atoms with Gasteiger partial charge in [-0.05, 0) is 44.3 Å². The molecule has 0 saturated carbocycles. The van der Waals surface area contributed by atoms with Crippen LogP contribution in [0.2, 0.25) is 0 Å². The monoisotopic (exact) mass is 256 g/mol. The SMILES string of the molecule is Cc1ccc2nc(C)cc(-c3nc(=S)[nH][nH]3)c2c1. The molecule has 1 aromatic carbocycles. The van der Waals surface area contributed by atoms with Crippen molar-refractivity contribution in [2.24, 2.45) is 0 Å². The Hall–Kier alpha value is -2.01. The van der Waals surface area contributed by atoms with E-state index in [0.717, 1.165) is 28.0 Å². The third-order valence-corrected chi connectivity index (χ3v) is 3.04. The summed E-state index contributed by atoms with van der Waals surface area (Å²) in [6, 6.07) is 8.22. The van der Waals surface area contributed by atoms with Crippen molar-refractivity contribution in [3.63, 3.8) is 0 Å². The van der Waals surface area contributed by atoms with E-state index in [1.165, 1.54) is 5.56 Å². The van der Waals surface area contributed by atoms with Crippen LogP contribution < -0.4 is 0 Å². The van der Waals surface area contributed by atoms with Crippen molar-refractivity contribution in [3.05, 3.63) is 40.3 Å². The van der Waals surface area contributed by atoms with Crippen LogP contribution >= 0.6 is 12.2 Å². The maximum atomic E-state index is 5.00. The lowest BCUT2D eigenvalue weighted by Gasteiger charge is -2.06. The van der Waals surface area contributed by atoms with Crippen molar-refractivity contribution >= 4 is 23.1 Å². The Kier molecular flexibility index (Phi) is 2.48. The first-order valence-electron chi connectivity index (χ1n) is 5.66. The molecule has 0 aliphatic rings. The van der Waals surface area contributed by atoms with Crippen LogP contribution in [0.1, 0.15) is 11.3 Å². The molecule has 90 valence electrons. The summed E-state index contributed by atoms with van der Waals surface area (Å²) < 4.78 is 0.459. The lowest BCUT2D eigenvalue weighted by Crippen LogP contribution is -1.90. The lowest BCUT2D eigenvalue weighted by molar-refractivity contribution is 1.08. The van der Waals surface area contributed by atoms with E-state index in [4.69, 9.17) is 12.2 Å². The molecule has 2 aromatic heterocycles. The highest BCUT2D eigenvalue weighted by molar-refractivity contribution is 7.71. The molecule has 5 heteroatoms. The second-order valence-corrected chi connectivity index (χ2v) is 4.73. The minimum atomic E-state index is 0.459. The third kappa shape index (κ3) is 1.82. The van der Waals surface area contributed by atoms with Gasteiger partial charge in [-0.25, -0.2) is 0 Å². The molecule has 0 amide bonds. The van der Waals surface area contributed by atoms with Gasteiger partial charge in [0.15, 0.2) is 5.82 Å². The second kappa shape index (κ2) is 4.03. The number of aromatic nitrogens is 4. The fourth-order valence-corrected chi connectivity index (χ4v) is 2.21. The Morgan fingerprint density at radius 1 is 1.06 bits per heavy atom. The number of hydrogen-bond acceptors (Lipinski definition) is 3. The summed E-state index contributed by atoms with van der Waals surface area (Å²) in [5.41, 5.74) is 4.15. The normalized spacial score (nSPS) is 11.0. The Bertz CT molecular complexity index is 785. The Morgan fingerprint density at radius 3 is 2.61 bits per heavy atom. The van der Waals surface area contributed by atoms with E-state index in [1.54, 1.807) is 0 Å². The van der Waals surface area contributed by atoms with E-state index in [0.29, 0.717) is 4.77 Å². The van der Waals surface area contributed by atoms with Crippen LogP contribution in [0.15, 0.2) is 24.3 Å². The van der Waals surface area contributed by atoms with Crippen LogP contribution in [0.4, 0.5) is 0 Å². The maximum Gasteiger partial charge on any atom is 0.213 e. The second-order valence-electron chi connectivity index (χ2n) is 4.35. The van der Waals surface area contributed by atoms with Crippen molar-refractivity contribution in [2.75, 3.05) is 0 Å². The Balaban J connectivity index is 2.39. The molecular weight excluding hydrogens is 244 g/mol. The molecule has 4 nitrogen and oxygen atoms in total. The molecule has 2 heterocycles. The topological polar surface area (TPSA) is 57.4 Å². The zero-order chi connectivity index (χ0) is 12.7. The van der Waals surface area contributed by atoms with Crippen LogP contribution in [-0.4, -0.2) is 20.2 Å². The standard InChI is InChI=1S/C13H12N4S/c1-7-3-4-11-9(5-7)10(6-8(2)14-11)12-15-13(18)17-16-12/h3-6H,1-2H3,(H2,15,16,17,18). The number of pyridine rings is 1. The van der Waals surface area contributed by atoms with Crippen LogP contribution in [0.3, 0.4) is 0 Å². The van der Waals surface area contributed by atoms with Crippen molar-refractivity contribution in [1.29, 1.82) is 0 Å². The number of H-pyrrole nitrogens is 2. The minimum Gasteiger partial charge on any atom is -0.282 e. The first-order chi connectivity index (χ1) is 8.63. The van der Waals surface area contributed by atoms with Gasteiger partial charge < -0.3 is 0 Å². The van der Waals surface area contributed by atoms with Gasteiger partial charge in [0, 0.05) is 16.6 Å². The molecule has 0 aliphatic heterocycles. The van der Waals surface area contributed by atoms with Crippen LogP contribution in [-0.2, 0) is 0 Å². The first kappa shape index (κ1) is 11.1. The molecule has 0 spiro atoms. The first-order valence-corrected chi connectivity index (χ1v) is 6.07. The summed E-state index contributed by atoms with van der Waals surface area (Å²) in [5.74, 6) is 0.751. The highest BCUT2D eigenvalue weighted by Gasteiger charge is 2.09. The van der Waals surface area contributed by atoms with E-state index < -0.39 is 0 Å². The third-order valence-electron chi connectivity index (χ3n) is 2.85. The van der Waals surface area contributed by atoms with Crippen molar-refractivity contribution in [3.8, 4) is 11.4 Å². The largest absolute Gasteiger partial charge is 0.282 e. The summed E-state index contributed by atoms with van der Waals surface area (Å²) in [5, 5.41) is 6.90. The van der Waals surface area contributed by atoms with Crippen LogP contribution in [0, 0.1) is 18.6 Å². The Labute approximate surface area is 109 Å². The highest BCUT2D eigenvalue weighted by Crippen LogP contribution is 2.26. The fraction of sp³-hybridized carbons (Fsp3) is 0.154. The number of aromatic amines is 2. The molecule has 0 bridgehead atoms. The van der Waals surface area contributed by atoms with E-state index >= 15 is 0 Å². The predicted molar refractivity (Wildman–Crippen MR) is 74.0 cm³/mol. The summed E-state index contributed by atoms with van der Waals surface area (Å²) >= 11 is 5.00. The van der Waals surface area contributed by atoms with Gasteiger partial charge in [0.05, 0.1) is 5.52 Å². The van der Waals surface area contributed by atoms with Crippen LogP contribution in [0.5, 0.6) is 0 Å². The molecule has 3 rings (SSSR count). The molecule has 18 heavy (non-hydrogen) atoms. The fourth-order valence-electron chi connectivity index (χ4n) is 2.07.